The highest BCUT2D eigenvalue weighted by atomic mass is 14.9. The van der Waals surface area contributed by atoms with E-state index in [2.05, 4.69) is 37.4 Å². The lowest BCUT2D eigenvalue weighted by Crippen LogP contribution is -2.12. The van der Waals surface area contributed by atoms with Gasteiger partial charge in [0.05, 0.1) is 0 Å². The van der Waals surface area contributed by atoms with Crippen molar-refractivity contribution in [1.82, 2.24) is 5.32 Å². The first-order valence-electron chi connectivity index (χ1n) is 5.08. The van der Waals surface area contributed by atoms with Crippen molar-refractivity contribution in [2.75, 3.05) is 6.54 Å². The average Bonchev–Trinajstić information content (AvgIpc) is 2.62. The van der Waals surface area contributed by atoms with Crippen molar-refractivity contribution < 1.29 is 0 Å². The number of nitrogens with one attached hydrogen (secondary N) is 1. The van der Waals surface area contributed by atoms with Crippen molar-refractivity contribution >= 4 is 0 Å². The van der Waals surface area contributed by atoms with Gasteiger partial charge >= 0.3 is 0 Å². The van der Waals surface area contributed by atoms with Crippen LogP contribution < -0.4 is 5.32 Å². The molecule has 70 valence electrons. The van der Waals surface area contributed by atoms with Gasteiger partial charge in [-0.3, -0.25) is 0 Å². The molecule has 1 nitrogen and oxygen atoms in total. The summed E-state index contributed by atoms with van der Waals surface area (Å²) in [4.78, 5) is 0. The van der Waals surface area contributed by atoms with Crippen LogP contribution in [0.1, 0.15) is 35.6 Å². The van der Waals surface area contributed by atoms with Crippen molar-refractivity contribution in [2.45, 2.75) is 32.7 Å². The van der Waals surface area contributed by atoms with E-state index in [1.807, 2.05) is 0 Å². The van der Waals surface area contributed by atoms with E-state index < -0.39 is 0 Å². The van der Waals surface area contributed by atoms with Crippen molar-refractivity contribution in [3.05, 3.63) is 34.9 Å². The first kappa shape index (κ1) is 8.76. The first-order chi connectivity index (χ1) is 6.27. The Balaban J connectivity index is 2.25. The molecule has 0 aromatic heterocycles. The maximum absolute atomic E-state index is 3.52. The van der Waals surface area contributed by atoms with Crippen molar-refractivity contribution in [3.63, 3.8) is 0 Å². The van der Waals surface area contributed by atoms with Gasteiger partial charge in [0.2, 0.25) is 0 Å². The van der Waals surface area contributed by atoms with Crippen LogP contribution in [0.3, 0.4) is 0 Å². The molecule has 1 fully saturated rings. The predicted octanol–water partition coefficient (Wildman–Crippen LogP) is 2.73. The third kappa shape index (κ3) is 1.75. The summed E-state index contributed by atoms with van der Waals surface area (Å²) >= 11 is 0. The third-order valence-corrected chi connectivity index (χ3v) is 2.99. The molecule has 1 N–H and O–H groups in total. The van der Waals surface area contributed by atoms with Crippen LogP contribution >= 0.6 is 0 Å². The highest BCUT2D eigenvalue weighted by Crippen LogP contribution is 2.24. The van der Waals surface area contributed by atoms with Crippen LogP contribution in [0.5, 0.6) is 0 Å². The van der Waals surface area contributed by atoms with Gasteiger partial charge in [-0.2, -0.15) is 0 Å². The van der Waals surface area contributed by atoms with Crippen LogP contribution in [-0.4, -0.2) is 6.54 Å². The summed E-state index contributed by atoms with van der Waals surface area (Å²) < 4.78 is 0. The molecule has 1 aromatic rings. The molecule has 13 heavy (non-hydrogen) atoms. The van der Waals surface area contributed by atoms with E-state index in [-0.39, 0.29) is 0 Å². The molecule has 0 radical (unpaired) electrons. The predicted molar refractivity (Wildman–Crippen MR) is 55.9 cm³/mol. The summed E-state index contributed by atoms with van der Waals surface area (Å²) in [7, 11) is 0. The van der Waals surface area contributed by atoms with Gasteiger partial charge in [-0.1, -0.05) is 18.2 Å². The minimum atomic E-state index is 0.610. The van der Waals surface area contributed by atoms with E-state index in [0.717, 1.165) is 0 Å². The smallest absolute Gasteiger partial charge is 0.0320 e. The zero-order valence-corrected chi connectivity index (χ0v) is 8.43. The second kappa shape index (κ2) is 3.51. The van der Waals surface area contributed by atoms with Gasteiger partial charge in [0.25, 0.3) is 0 Å². The molecule has 1 heterocycles. The van der Waals surface area contributed by atoms with Gasteiger partial charge in [-0.15, -0.1) is 0 Å². The van der Waals surface area contributed by atoms with Crippen LogP contribution in [-0.2, 0) is 0 Å². The largest absolute Gasteiger partial charge is 0.310 e. The number of hydrogen-bond donors (Lipinski definition) is 1. The molecule has 0 aliphatic carbocycles. The summed E-state index contributed by atoms with van der Waals surface area (Å²) in [5.41, 5.74) is 4.26. The SMILES string of the molecule is Cc1ccc([C@H]2CCCN2)cc1C. The Hall–Kier alpha value is -0.820. The van der Waals surface area contributed by atoms with E-state index in [0.29, 0.717) is 6.04 Å². The fourth-order valence-electron chi connectivity index (χ4n) is 1.95. The van der Waals surface area contributed by atoms with E-state index in [4.69, 9.17) is 0 Å². The number of benzene rings is 1. The van der Waals surface area contributed by atoms with Crippen molar-refractivity contribution in [2.24, 2.45) is 0 Å². The van der Waals surface area contributed by atoms with Crippen LogP contribution in [0.4, 0.5) is 0 Å². The zero-order chi connectivity index (χ0) is 9.26. The molecular weight excluding hydrogens is 158 g/mol. The molecule has 0 unspecified atom stereocenters. The molecule has 2 rings (SSSR count). The Morgan fingerprint density at radius 1 is 1.23 bits per heavy atom. The standard InChI is InChI=1S/C12H17N/c1-9-5-6-11(8-10(9)2)12-4-3-7-13-12/h5-6,8,12-13H,3-4,7H2,1-2H3/t12-/m1/s1. The normalized spacial score (nSPS) is 22.2. The third-order valence-electron chi connectivity index (χ3n) is 2.99. The highest BCUT2D eigenvalue weighted by Gasteiger charge is 2.15. The second-order valence-electron chi connectivity index (χ2n) is 3.99. The Morgan fingerprint density at radius 3 is 2.69 bits per heavy atom. The second-order valence-corrected chi connectivity index (χ2v) is 3.99. The Morgan fingerprint density at radius 2 is 2.08 bits per heavy atom. The van der Waals surface area contributed by atoms with E-state index in [1.165, 1.54) is 36.1 Å². The van der Waals surface area contributed by atoms with Gasteiger partial charge in [-0.25, -0.2) is 0 Å². The maximum atomic E-state index is 3.52. The van der Waals surface area contributed by atoms with E-state index in [1.54, 1.807) is 0 Å². The molecule has 1 heteroatoms. The molecule has 0 bridgehead atoms. The first-order valence-corrected chi connectivity index (χ1v) is 5.08. The van der Waals surface area contributed by atoms with Gasteiger partial charge in [0.1, 0.15) is 0 Å². The Bertz CT molecular complexity index is 298. The lowest BCUT2D eigenvalue weighted by Gasteiger charge is -2.12. The molecule has 0 saturated carbocycles. The van der Waals surface area contributed by atoms with Crippen molar-refractivity contribution in [1.29, 1.82) is 0 Å². The minimum absolute atomic E-state index is 0.610. The van der Waals surface area contributed by atoms with Crippen molar-refractivity contribution in [3.8, 4) is 0 Å². The molecule has 1 saturated heterocycles. The van der Waals surface area contributed by atoms with Crippen LogP contribution in [0.25, 0.3) is 0 Å². The molecule has 0 amide bonds. The van der Waals surface area contributed by atoms with Crippen LogP contribution in [0.2, 0.25) is 0 Å². The topological polar surface area (TPSA) is 12.0 Å². The Kier molecular flexibility index (Phi) is 2.36. The number of hydrogen-bond acceptors (Lipinski definition) is 1. The number of rotatable bonds is 1. The fourth-order valence-corrected chi connectivity index (χ4v) is 1.95. The maximum Gasteiger partial charge on any atom is 0.0320 e. The summed E-state index contributed by atoms with van der Waals surface area (Å²) in [6.45, 7) is 5.53. The van der Waals surface area contributed by atoms with Gasteiger partial charge in [0.15, 0.2) is 0 Å². The lowest BCUT2D eigenvalue weighted by atomic mass is 10.0. The Labute approximate surface area is 80.2 Å². The molecule has 0 spiro atoms. The zero-order valence-electron chi connectivity index (χ0n) is 8.43. The fraction of sp³-hybridized carbons (Fsp3) is 0.500. The molecule has 1 aliphatic rings. The quantitative estimate of drug-likeness (QED) is 0.692. The number of aryl methyl sites for hydroxylation is 2. The average molecular weight is 175 g/mol. The van der Waals surface area contributed by atoms with Gasteiger partial charge in [0, 0.05) is 6.04 Å². The molecule has 1 aromatic carbocycles. The van der Waals surface area contributed by atoms with Gasteiger partial charge < -0.3 is 5.32 Å². The summed E-state index contributed by atoms with van der Waals surface area (Å²) in [5.74, 6) is 0. The molecule has 1 atom stereocenters. The van der Waals surface area contributed by atoms with Crippen LogP contribution in [0, 0.1) is 13.8 Å². The van der Waals surface area contributed by atoms with Crippen LogP contribution in [0.15, 0.2) is 18.2 Å². The molecular formula is C12H17N. The van der Waals surface area contributed by atoms with Gasteiger partial charge in [-0.05, 0) is 49.9 Å². The van der Waals surface area contributed by atoms with E-state index in [9.17, 15) is 0 Å². The molecule has 1 aliphatic heterocycles. The minimum Gasteiger partial charge on any atom is -0.310 e. The van der Waals surface area contributed by atoms with E-state index >= 15 is 0 Å². The highest BCUT2D eigenvalue weighted by molar-refractivity contribution is 5.32. The summed E-state index contributed by atoms with van der Waals surface area (Å²) in [6, 6.07) is 7.41. The summed E-state index contributed by atoms with van der Waals surface area (Å²) in [6.07, 6.45) is 2.61. The monoisotopic (exact) mass is 175 g/mol. The summed E-state index contributed by atoms with van der Waals surface area (Å²) in [5, 5.41) is 3.52. The lowest BCUT2D eigenvalue weighted by molar-refractivity contribution is 0.647.